The Morgan fingerprint density at radius 1 is 1.29 bits per heavy atom. The number of methoxy groups -OCH3 is 1. The van der Waals surface area contributed by atoms with Crippen molar-refractivity contribution in [3.05, 3.63) is 29.8 Å². The number of rotatable bonds is 10. The van der Waals surface area contributed by atoms with Crippen molar-refractivity contribution < 1.29 is 13.2 Å². The summed E-state index contributed by atoms with van der Waals surface area (Å²) in [6.07, 6.45) is 1.41. The van der Waals surface area contributed by atoms with Gasteiger partial charge < -0.3 is 10.1 Å². The predicted molar refractivity (Wildman–Crippen MR) is 84.8 cm³/mol. The van der Waals surface area contributed by atoms with Crippen molar-refractivity contribution in [1.82, 2.24) is 14.3 Å². The topological polar surface area (TPSA) is 70.7 Å². The van der Waals surface area contributed by atoms with Gasteiger partial charge >= 0.3 is 0 Å². The van der Waals surface area contributed by atoms with Crippen LogP contribution in [-0.2, 0) is 16.6 Å². The van der Waals surface area contributed by atoms with Gasteiger partial charge in [0.05, 0.1) is 7.11 Å². The average Bonchev–Trinajstić information content (AvgIpc) is 2.47. The van der Waals surface area contributed by atoms with Crippen LogP contribution in [0.15, 0.2) is 24.3 Å². The Hall–Kier alpha value is -1.15. The van der Waals surface area contributed by atoms with Crippen LogP contribution in [0.1, 0.15) is 12.0 Å². The van der Waals surface area contributed by atoms with Crippen molar-refractivity contribution in [3.8, 4) is 5.75 Å². The molecule has 1 rings (SSSR count). The van der Waals surface area contributed by atoms with Gasteiger partial charge in [0.2, 0.25) is 0 Å². The third-order valence-electron chi connectivity index (χ3n) is 3.14. The van der Waals surface area contributed by atoms with Gasteiger partial charge in [-0.2, -0.15) is 12.7 Å². The summed E-state index contributed by atoms with van der Waals surface area (Å²) in [4.78, 5) is 0. The first-order chi connectivity index (χ1) is 9.99. The molecule has 0 unspecified atom stereocenters. The van der Waals surface area contributed by atoms with E-state index in [9.17, 15) is 8.42 Å². The summed E-state index contributed by atoms with van der Waals surface area (Å²) in [5, 5.41) is 3.00. The molecule has 0 aromatic heterocycles. The van der Waals surface area contributed by atoms with Crippen LogP contribution >= 0.6 is 0 Å². The molecule has 7 heteroatoms. The molecule has 0 bridgehead atoms. The highest BCUT2D eigenvalue weighted by molar-refractivity contribution is 7.87. The number of nitrogens with zero attached hydrogens (tertiary/aromatic N) is 1. The van der Waals surface area contributed by atoms with E-state index in [0.29, 0.717) is 19.5 Å². The summed E-state index contributed by atoms with van der Waals surface area (Å²) in [7, 11) is 1.65. The summed E-state index contributed by atoms with van der Waals surface area (Å²) in [5.74, 6) is 0.777. The largest absolute Gasteiger partial charge is 0.497 e. The van der Waals surface area contributed by atoms with Gasteiger partial charge in [-0.3, -0.25) is 0 Å². The van der Waals surface area contributed by atoms with Crippen molar-refractivity contribution in [2.24, 2.45) is 0 Å². The summed E-state index contributed by atoms with van der Waals surface area (Å²) in [6.45, 7) is 1.66. The molecule has 0 fully saturated rings. The lowest BCUT2D eigenvalue weighted by molar-refractivity contribution is 0.414. The van der Waals surface area contributed by atoms with Gasteiger partial charge in [0.15, 0.2) is 0 Å². The van der Waals surface area contributed by atoms with E-state index in [1.54, 1.807) is 14.2 Å². The second-order valence-electron chi connectivity index (χ2n) is 4.78. The minimum Gasteiger partial charge on any atom is -0.497 e. The van der Waals surface area contributed by atoms with Crippen molar-refractivity contribution in [3.63, 3.8) is 0 Å². The zero-order valence-electron chi connectivity index (χ0n) is 12.9. The third-order valence-corrected chi connectivity index (χ3v) is 4.71. The maximum Gasteiger partial charge on any atom is 0.279 e. The summed E-state index contributed by atoms with van der Waals surface area (Å²) < 4.78 is 33.1. The van der Waals surface area contributed by atoms with E-state index in [0.717, 1.165) is 24.3 Å². The minimum absolute atomic E-state index is 0.367. The predicted octanol–water partition coefficient (Wildman–Crippen LogP) is 0.613. The molecule has 0 aliphatic heterocycles. The molecular formula is C14H25N3O3S. The normalized spacial score (nSPS) is 11.8. The van der Waals surface area contributed by atoms with Gasteiger partial charge in [-0.1, -0.05) is 12.1 Å². The van der Waals surface area contributed by atoms with E-state index in [-0.39, 0.29) is 0 Å². The molecule has 0 aliphatic rings. The lowest BCUT2D eigenvalue weighted by Crippen LogP contribution is -2.40. The number of nitrogens with one attached hydrogen (secondary N) is 2. The van der Waals surface area contributed by atoms with Crippen LogP contribution in [0, 0.1) is 0 Å². The molecular weight excluding hydrogens is 290 g/mol. The van der Waals surface area contributed by atoms with Crippen LogP contribution in [0.5, 0.6) is 5.75 Å². The maximum atomic E-state index is 12.0. The van der Waals surface area contributed by atoms with Gasteiger partial charge in [0.25, 0.3) is 10.2 Å². The first-order valence-electron chi connectivity index (χ1n) is 6.98. The highest BCUT2D eigenvalue weighted by Gasteiger charge is 2.15. The van der Waals surface area contributed by atoms with Crippen molar-refractivity contribution in [1.29, 1.82) is 0 Å². The van der Waals surface area contributed by atoms with Crippen LogP contribution in [0.2, 0.25) is 0 Å². The second kappa shape index (κ2) is 8.99. The molecule has 0 saturated heterocycles. The van der Waals surface area contributed by atoms with Gasteiger partial charge in [-0.25, -0.2) is 4.72 Å². The fraction of sp³-hybridized carbons (Fsp3) is 0.571. The lowest BCUT2D eigenvalue weighted by Gasteiger charge is -2.17. The Labute approximate surface area is 127 Å². The van der Waals surface area contributed by atoms with E-state index in [1.807, 2.05) is 31.3 Å². The highest BCUT2D eigenvalue weighted by atomic mass is 32.2. The molecule has 1 aromatic rings. The number of benzene rings is 1. The third kappa shape index (κ3) is 6.43. The van der Waals surface area contributed by atoms with Crippen LogP contribution < -0.4 is 14.8 Å². The molecule has 120 valence electrons. The van der Waals surface area contributed by atoms with Gasteiger partial charge in [0.1, 0.15) is 5.75 Å². The van der Waals surface area contributed by atoms with E-state index in [1.165, 1.54) is 4.31 Å². The standard InChI is InChI=1S/C14H25N3O3S/c1-15-9-5-11-17(2)21(18,19)16-10-8-13-6-4-7-14(12-13)20-3/h4,6-7,12,15-16H,5,8-11H2,1-3H3. The van der Waals surface area contributed by atoms with E-state index >= 15 is 0 Å². The first kappa shape index (κ1) is 17.9. The first-order valence-corrected chi connectivity index (χ1v) is 8.42. The molecule has 0 radical (unpaired) electrons. The molecule has 0 saturated carbocycles. The van der Waals surface area contributed by atoms with Crippen LogP contribution in [0.4, 0.5) is 0 Å². The van der Waals surface area contributed by atoms with Crippen LogP contribution in [0.25, 0.3) is 0 Å². The number of ether oxygens (including phenoxy) is 1. The Kier molecular flexibility index (Phi) is 7.66. The van der Waals surface area contributed by atoms with E-state index < -0.39 is 10.2 Å². The van der Waals surface area contributed by atoms with Crippen LogP contribution in [0.3, 0.4) is 0 Å². The fourth-order valence-corrected chi connectivity index (χ4v) is 2.81. The van der Waals surface area contributed by atoms with Crippen LogP contribution in [-0.4, -0.2) is 53.6 Å². The quantitative estimate of drug-likeness (QED) is 0.621. The van der Waals surface area contributed by atoms with Gasteiger partial charge in [-0.15, -0.1) is 0 Å². The molecule has 0 aliphatic carbocycles. The molecule has 0 atom stereocenters. The Morgan fingerprint density at radius 3 is 2.71 bits per heavy atom. The molecule has 1 aromatic carbocycles. The molecule has 0 spiro atoms. The summed E-state index contributed by atoms with van der Waals surface area (Å²) >= 11 is 0. The minimum atomic E-state index is -3.40. The Balaban J connectivity index is 2.42. The zero-order chi connectivity index (χ0) is 15.7. The van der Waals surface area contributed by atoms with E-state index in [4.69, 9.17) is 4.74 Å². The van der Waals surface area contributed by atoms with Gasteiger partial charge in [-0.05, 0) is 44.1 Å². The zero-order valence-corrected chi connectivity index (χ0v) is 13.7. The second-order valence-corrected chi connectivity index (χ2v) is 6.64. The maximum absolute atomic E-state index is 12.0. The highest BCUT2D eigenvalue weighted by Crippen LogP contribution is 2.12. The summed E-state index contributed by atoms with van der Waals surface area (Å²) in [6, 6.07) is 7.62. The SMILES string of the molecule is CNCCCN(C)S(=O)(=O)NCCc1cccc(OC)c1. The molecule has 6 nitrogen and oxygen atoms in total. The number of hydrogen-bond acceptors (Lipinski definition) is 4. The smallest absolute Gasteiger partial charge is 0.279 e. The molecule has 21 heavy (non-hydrogen) atoms. The van der Waals surface area contributed by atoms with E-state index in [2.05, 4.69) is 10.0 Å². The Morgan fingerprint density at radius 2 is 2.05 bits per heavy atom. The van der Waals surface area contributed by atoms with Crippen molar-refractivity contribution in [2.45, 2.75) is 12.8 Å². The lowest BCUT2D eigenvalue weighted by atomic mass is 10.1. The number of hydrogen-bond donors (Lipinski definition) is 2. The monoisotopic (exact) mass is 315 g/mol. The van der Waals surface area contributed by atoms with Gasteiger partial charge in [0, 0.05) is 20.1 Å². The summed E-state index contributed by atoms with van der Waals surface area (Å²) in [5.41, 5.74) is 1.04. The van der Waals surface area contributed by atoms with Crippen molar-refractivity contribution in [2.75, 3.05) is 40.8 Å². The fourth-order valence-electron chi connectivity index (χ4n) is 1.86. The molecule has 0 heterocycles. The molecule has 2 N–H and O–H groups in total. The molecule has 0 amide bonds. The average molecular weight is 315 g/mol. The Bertz CT molecular complexity index is 520. The van der Waals surface area contributed by atoms with Crippen molar-refractivity contribution >= 4 is 10.2 Å².